The van der Waals surface area contributed by atoms with Crippen molar-refractivity contribution in [3.05, 3.63) is 76.8 Å². The van der Waals surface area contributed by atoms with E-state index in [1.54, 1.807) is 18.2 Å². The van der Waals surface area contributed by atoms with E-state index in [-0.39, 0.29) is 32.1 Å². The first kappa shape index (κ1) is 24.4. The van der Waals surface area contributed by atoms with E-state index >= 15 is 0 Å². The summed E-state index contributed by atoms with van der Waals surface area (Å²) in [5, 5.41) is 8.58. The summed E-state index contributed by atoms with van der Waals surface area (Å²) in [5.74, 6) is -0.150. The van der Waals surface area contributed by atoms with Gasteiger partial charge in [-0.2, -0.15) is 18.4 Å². The molecule has 0 aromatic heterocycles. The third-order valence-electron chi connectivity index (χ3n) is 4.63. The lowest BCUT2D eigenvalue weighted by Gasteiger charge is -2.14. The maximum Gasteiger partial charge on any atom is 0.416 e. The maximum absolute atomic E-state index is 13.1. The van der Waals surface area contributed by atoms with Crippen LogP contribution in [-0.2, 0) is 22.4 Å². The van der Waals surface area contributed by atoms with E-state index in [0.29, 0.717) is 0 Å². The van der Waals surface area contributed by atoms with Gasteiger partial charge in [-0.3, -0.25) is 0 Å². The van der Waals surface area contributed by atoms with Crippen LogP contribution in [0.4, 0.5) is 13.2 Å². The summed E-state index contributed by atoms with van der Waals surface area (Å²) in [5.41, 5.74) is 0.0282. The highest BCUT2D eigenvalue weighted by Crippen LogP contribution is 2.38. The van der Waals surface area contributed by atoms with E-state index in [0.717, 1.165) is 30.2 Å². The van der Waals surface area contributed by atoms with Crippen LogP contribution in [0.15, 0.2) is 70.5 Å². The van der Waals surface area contributed by atoms with Gasteiger partial charge in [0.15, 0.2) is 6.61 Å². The van der Waals surface area contributed by atoms with Crippen molar-refractivity contribution in [2.24, 2.45) is 0 Å². The highest BCUT2D eigenvalue weighted by Gasteiger charge is 2.31. The number of benzene rings is 3. The lowest BCUT2D eigenvalue weighted by molar-refractivity contribution is -0.137. The number of hydrogen-bond donors (Lipinski definition) is 0. The van der Waals surface area contributed by atoms with Gasteiger partial charge in [0.05, 0.1) is 15.5 Å². The summed E-state index contributed by atoms with van der Waals surface area (Å²) < 4.78 is 75.6. The predicted octanol–water partition coefficient (Wildman–Crippen LogP) is 6.45. The van der Waals surface area contributed by atoms with Crippen LogP contribution in [0.3, 0.4) is 0 Å². The molecule has 0 heterocycles. The number of aryl methyl sites for hydroxylation is 1. The van der Waals surface area contributed by atoms with Crippen molar-refractivity contribution < 1.29 is 31.1 Å². The van der Waals surface area contributed by atoms with Gasteiger partial charge in [0.2, 0.25) is 9.84 Å². The molecule has 0 spiro atoms. The fourth-order valence-electron chi connectivity index (χ4n) is 2.91. The van der Waals surface area contributed by atoms with Crippen molar-refractivity contribution in [2.75, 3.05) is 6.61 Å². The molecule has 3 aromatic carbocycles. The number of halogens is 4. The molecular weight excluding hydrogens is 479 g/mol. The van der Waals surface area contributed by atoms with E-state index in [1.165, 1.54) is 30.3 Å². The van der Waals surface area contributed by atoms with Gasteiger partial charge >= 0.3 is 6.18 Å². The van der Waals surface area contributed by atoms with Gasteiger partial charge in [0, 0.05) is 6.07 Å². The van der Waals surface area contributed by atoms with Crippen LogP contribution >= 0.6 is 11.6 Å². The molecule has 0 aliphatic heterocycles. The molecular formula is C23H17ClF3NO4S. The second kappa shape index (κ2) is 9.73. The number of sulfone groups is 1. The normalized spacial score (nSPS) is 11.6. The Morgan fingerprint density at radius 1 is 1.00 bits per heavy atom. The van der Waals surface area contributed by atoms with Crippen molar-refractivity contribution in [1.29, 1.82) is 5.26 Å². The zero-order valence-electron chi connectivity index (χ0n) is 17.2. The van der Waals surface area contributed by atoms with Crippen LogP contribution in [0.5, 0.6) is 17.2 Å². The number of ether oxygens (including phenoxy) is 2. The molecule has 0 radical (unpaired) electrons. The smallest absolute Gasteiger partial charge is 0.416 e. The average Bonchev–Trinajstić information content (AvgIpc) is 2.78. The molecule has 3 rings (SSSR count). The SMILES string of the molecule is CCc1ccc(S(=O)(=O)c2ccc(Oc3ccc(C(F)(F)F)cc3Cl)cc2OCC#N)cc1. The lowest BCUT2D eigenvalue weighted by Crippen LogP contribution is -2.07. The Morgan fingerprint density at radius 3 is 2.27 bits per heavy atom. The van der Waals surface area contributed by atoms with Crippen molar-refractivity contribution in [3.8, 4) is 23.3 Å². The fraction of sp³-hybridized carbons (Fsp3) is 0.174. The zero-order chi connectivity index (χ0) is 24.2. The number of nitriles is 1. The van der Waals surface area contributed by atoms with Gasteiger partial charge in [0.1, 0.15) is 28.2 Å². The minimum Gasteiger partial charge on any atom is -0.477 e. The number of alkyl halides is 3. The fourth-order valence-corrected chi connectivity index (χ4v) is 4.51. The highest BCUT2D eigenvalue weighted by molar-refractivity contribution is 7.91. The number of rotatable bonds is 7. The molecule has 3 aromatic rings. The van der Waals surface area contributed by atoms with Gasteiger partial charge < -0.3 is 9.47 Å². The summed E-state index contributed by atoms with van der Waals surface area (Å²) >= 11 is 5.92. The van der Waals surface area contributed by atoms with Crippen LogP contribution in [0.25, 0.3) is 0 Å². The Morgan fingerprint density at radius 2 is 1.70 bits per heavy atom. The molecule has 0 bridgehead atoms. The van der Waals surface area contributed by atoms with E-state index in [2.05, 4.69) is 0 Å². The second-order valence-corrected chi connectivity index (χ2v) is 9.13. The maximum atomic E-state index is 13.1. The molecule has 0 saturated carbocycles. The lowest BCUT2D eigenvalue weighted by atomic mass is 10.2. The molecule has 33 heavy (non-hydrogen) atoms. The summed E-state index contributed by atoms with van der Waals surface area (Å²) in [6.07, 6.45) is -3.82. The van der Waals surface area contributed by atoms with Gasteiger partial charge in [-0.15, -0.1) is 0 Å². The molecule has 0 aliphatic rings. The van der Waals surface area contributed by atoms with Gasteiger partial charge in [-0.1, -0.05) is 30.7 Å². The van der Waals surface area contributed by atoms with Crippen LogP contribution in [0.1, 0.15) is 18.1 Å². The van der Waals surface area contributed by atoms with Gasteiger partial charge in [-0.25, -0.2) is 8.42 Å². The molecule has 0 saturated heterocycles. The summed E-state index contributed by atoms with van der Waals surface area (Å²) in [7, 11) is -3.99. The largest absolute Gasteiger partial charge is 0.477 e. The second-order valence-electron chi connectivity index (χ2n) is 6.80. The van der Waals surface area contributed by atoms with Crippen molar-refractivity contribution in [2.45, 2.75) is 29.3 Å². The van der Waals surface area contributed by atoms with E-state index in [1.807, 2.05) is 6.92 Å². The predicted molar refractivity (Wildman–Crippen MR) is 115 cm³/mol. The van der Waals surface area contributed by atoms with Crippen LogP contribution in [-0.4, -0.2) is 15.0 Å². The Hall–Kier alpha value is -3.22. The Labute approximate surface area is 193 Å². The molecule has 172 valence electrons. The third kappa shape index (κ3) is 5.59. The standard InChI is InChI=1S/C23H17ClF3NO4S/c1-2-15-3-7-18(8-4-15)33(29,30)22-10-6-17(14-21(22)31-12-11-28)32-20-9-5-16(13-19(20)24)23(25,26)27/h3-10,13-14H,2,12H2,1H3. The average molecular weight is 496 g/mol. The van der Waals surface area contributed by atoms with Crippen LogP contribution < -0.4 is 9.47 Å². The number of hydrogen-bond acceptors (Lipinski definition) is 5. The first-order valence-corrected chi connectivity index (χ1v) is 11.4. The van der Waals surface area contributed by atoms with E-state index < -0.39 is 28.2 Å². The highest BCUT2D eigenvalue weighted by atomic mass is 35.5. The third-order valence-corrected chi connectivity index (χ3v) is 6.73. The van der Waals surface area contributed by atoms with Crippen LogP contribution in [0, 0.1) is 11.3 Å². The quantitative estimate of drug-likeness (QED) is 0.376. The Kier molecular flexibility index (Phi) is 7.20. The first-order chi connectivity index (χ1) is 15.6. The minimum atomic E-state index is -4.56. The molecule has 0 N–H and O–H groups in total. The van der Waals surface area contributed by atoms with Crippen LogP contribution in [0.2, 0.25) is 5.02 Å². The molecule has 0 amide bonds. The Bertz CT molecular complexity index is 1300. The zero-order valence-corrected chi connectivity index (χ0v) is 18.8. The molecule has 10 heteroatoms. The van der Waals surface area contributed by atoms with Crippen molar-refractivity contribution in [3.63, 3.8) is 0 Å². The van der Waals surface area contributed by atoms with Crippen molar-refractivity contribution >= 4 is 21.4 Å². The Balaban J connectivity index is 1.98. The summed E-state index contributed by atoms with van der Waals surface area (Å²) in [6.45, 7) is 1.51. The monoisotopic (exact) mass is 495 g/mol. The van der Waals surface area contributed by atoms with E-state index in [9.17, 15) is 21.6 Å². The molecule has 0 unspecified atom stereocenters. The van der Waals surface area contributed by atoms with Gasteiger partial charge in [0.25, 0.3) is 0 Å². The van der Waals surface area contributed by atoms with Gasteiger partial charge in [-0.05, 0) is 54.4 Å². The molecule has 0 fully saturated rings. The topological polar surface area (TPSA) is 76.4 Å². The van der Waals surface area contributed by atoms with Crippen molar-refractivity contribution in [1.82, 2.24) is 0 Å². The van der Waals surface area contributed by atoms with E-state index in [4.69, 9.17) is 26.3 Å². The first-order valence-electron chi connectivity index (χ1n) is 9.58. The summed E-state index contributed by atoms with van der Waals surface area (Å²) in [4.78, 5) is -0.145. The summed E-state index contributed by atoms with van der Waals surface area (Å²) in [6, 6.07) is 14.5. The number of nitrogens with zero attached hydrogens (tertiary/aromatic N) is 1. The molecule has 0 aliphatic carbocycles. The minimum absolute atomic E-state index is 0.0426. The molecule has 0 atom stereocenters. The molecule has 5 nitrogen and oxygen atoms in total.